The Labute approximate surface area is 121 Å². The van der Waals surface area contributed by atoms with Gasteiger partial charge in [0.05, 0.1) is 24.9 Å². The lowest BCUT2D eigenvalue weighted by Crippen LogP contribution is -2.11. The molecule has 0 aliphatic heterocycles. The highest BCUT2D eigenvalue weighted by molar-refractivity contribution is 6.32. The van der Waals surface area contributed by atoms with Gasteiger partial charge in [-0.15, -0.1) is 0 Å². The third-order valence-corrected chi connectivity index (χ3v) is 2.82. The molecule has 0 fully saturated rings. The van der Waals surface area contributed by atoms with Gasteiger partial charge in [0.25, 0.3) is 0 Å². The Balaban J connectivity index is 2.36. The smallest absolute Gasteiger partial charge is 0.239 e. The van der Waals surface area contributed by atoms with Gasteiger partial charge in [-0.25, -0.2) is 10.8 Å². The van der Waals surface area contributed by atoms with Crippen LogP contribution in [0.3, 0.4) is 0 Å². The number of nitrogen functional groups attached to an aromatic ring is 1. The van der Waals surface area contributed by atoms with Crippen molar-refractivity contribution in [2.45, 2.75) is 0 Å². The van der Waals surface area contributed by atoms with Gasteiger partial charge >= 0.3 is 0 Å². The van der Waals surface area contributed by atoms with Crippen LogP contribution in [0.4, 0.5) is 17.5 Å². The number of ether oxygens (including phenoxy) is 2. The van der Waals surface area contributed by atoms with E-state index in [2.05, 4.69) is 20.7 Å². The van der Waals surface area contributed by atoms with Crippen molar-refractivity contribution in [3.8, 4) is 11.5 Å². The summed E-state index contributed by atoms with van der Waals surface area (Å²) in [6.07, 6.45) is 1.57. The number of nitrogens with one attached hydrogen (secondary N) is 2. The molecule has 0 amide bonds. The van der Waals surface area contributed by atoms with E-state index in [1.54, 1.807) is 38.6 Å². The van der Waals surface area contributed by atoms with E-state index in [4.69, 9.17) is 26.9 Å². The van der Waals surface area contributed by atoms with Crippen molar-refractivity contribution in [3.05, 3.63) is 29.4 Å². The van der Waals surface area contributed by atoms with Crippen LogP contribution >= 0.6 is 11.6 Å². The fraction of sp³-hybridized carbons (Fsp3) is 0.167. The summed E-state index contributed by atoms with van der Waals surface area (Å²) in [5.74, 6) is 7.22. The fourth-order valence-corrected chi connectivity index (χ4v) is 1.82. The number of rotatable bonds is 5. The number of nitrogens with zero attached hydrogens (tertiary/aromatic N) is 2. The van der Waals surface area contributed by atoms with E-state index in [1.807, 2.05) is 0 Å². The molecule has 0 spiro atoms. The topological polar surface area (TPSA) is 94.3 Å². The van der Waals surface area contributed by atoms with E-state index in [-0.39, 0.29) is 0 Å². The van der Waals surface area contributed by atoms with E-state index in [1.165, 1.54) is 0 Å². The van der Waals surface area contributed by atoms with Gasteiger partial charge in [-0.2, -0.15) is 4.98 Å². The fourth-order valence-electron chi connectivity index (χ4n) is 1.59. The van der Waals surface area contributed by atoms with E-state index in [0.717, 1.165) is 0 Å². The van der Waals surface area contributed by atoms with Crippen LogP contribution < -0.4 is 26.1 Å². The molecule has 0 saturated carbocycles. The monoisotopic (exact) mass is 295 g/mol. The number of anilines is 3. The van der Waals surface area contributed by atoms with Gasteiger partial charge in [-0.3, -0.25) is 5.43 Å². The lowest BCUT2D eigenvalue weighted by Gasteiger charge is -2.13. The molecule has 1 aromatic heterocycles. The Morgan fingerprint density at radius 3 is 2.60 bits per heavy atom. The number of aromatic nitrogens is 2. The summed E-state index contributed by atoms with van der Waals surface area (Å²) >= 11 is 6.05. The average molecular weight is 296 g/mol. The van der Waals surface area contributed by atoms with Crippen molar-refractivity contribution in [2.75, 3.05) is 25.0 Å². The predicted octanol–water partition coefficient (Wildman–Crippen LogP) is 2.18. The molecule has 0 saturated heterocycles. The van der Waals surface area contributed by atoms with Crippen molar-refractivity contribution >= 4 is 29.1 Å². The third kappa shape index (κ3) is 3.01. The molecule has 0 unspecified atom stereocenters. The summed E-state index contributed by atoms with van der Waals surface area (Å²) in [5, 5.41) is 3.55. The summed E-state index contributed by atoms with van der Waals surface area (Å²) < 4.78 is 10.4. The van der Waals surface area contributed by atoms with Crippen molar-refractivity contribution in [1.29, 1.82) is 0 Å². The Bertz CT molecular complexity index is 608. The van der Waals surface area contributed by atoms with Crippen LogP contribution in [0.1, 0.15) is 0 Å². The number of halogens is 1. The van der Waals surface area contributed by atoms with Gasteiger partial charge in [-0.05, 0) is 6.07 Å². The molecule has 2 aromatic rings. The first-order chi connectivity index (χ1) is 9.67. The number of nitrogens with two attached hydrogens (primary N) is 1. The molecule has 1 aromatic carbocycles. The van der Waals surface area contributed by atoms with Crippen LogP contribution in [0, 0.1) is 0 Å². The maximum atomic E-state index is 6.05. The van der Waals surface area contributed by atoms with Crippen LogP contribution in [0.25, 0.3) is 0 Å². The first-order valence-electron chi connectivity index (χ1n) is 5.66. The lowest BCUT2D eigenvalue weighted by atomic mass is 10.2. The van der Waals surface area contributed by atoms with Crippen molar-refractivity contribution in [2.24, 2.45) is 5.84 Å². The molecule has 0 atom stereocenters. The van der Waals surface area contributed by atoms with Crippen molar-refractivity contribution in [1.82, 2.24) is 9.97 Å². The molecule has 106 valence electrons. The van der Waals surface area contributed by atoms with Crippen LogP contribution in [0.15, 0.2) is 24.4 Å². The van der Waals surface area contributed by atoms with Crippen molar-refractivity contribution < 1.29 is 9.47 Å². The molecular weight excluding hydrogens is 282 g/mol. The summed E-state index contributed by atoms with van der Waals surface area (Å²) in [6, 6.07) is 5.08. The van der Waals surface area contributed by atoms with Crippen LogP contribution in [-0.4, -0.2) is 24.2 Å². The van der Waals surface area contributed by atoms with Crippen LogP contribution in [-0.2, 0) is 0 Å². The summed E-state index contributed by atoms with van der Waals surface area (Å²) in [6.45, 7) is 0. The van der Waals surface area contributed by atoms with Gasteiger partial charge in [0.1, 0.15) is 17.3 Å². The third-order valence-electron chi connectivity index (χ3n) is 2.52. The Morgan fingerprint density at radius 1 is 1.20 bits per heavy atom. The van der Waals surface area contributed by atoms with Gasteiger partial charge in [0, 0.05) is 18.3 Å². The molecule has 0 bridgehead atoms. The normalized spacial score (nSPS) is 10.0. The molecule has 4 N–H and O–H groups in total. The Morgan fingerprint density at radius 2 is 1.95 bits per heavy atom. The number of hydrogen-bond acceptors (Lipinski definition) is 7. The summed E-state index contributed by atoms with van der Waals surface area (Å²) in [7, 11) is 3.09. The SMILES string of the molecule is COc1cc(Nc2ccnc(NN)n2)c(OC)cc1Cl. The van der Waals surface area contributed by atoms with E-state index in [9.17, 15) is 0 Å². The molecular formula is C12H14ClN5O2. The van der Waals surface area contributed by atoms with Gasteiger partial charge in [0.15, 0.2) is 0 Å². The average Bonchev–Trinajstić information content (AvgIpc) is 2.48. The molecule has 0 radical (unpaired) electrons. The molecule has 20 heavy (non-hydrogen) atoms. The zero-order chi connectivity index (χ0) is 14.5. The number of methoxy groups -OCH3 is 2. The van der Waals surface area contributed by atoms with Crippen LogP contribution in [0.5, 0.6) is 11.5 Å². The molecule has 0 aliphatic carbocycles. The maximum absolute atomic E-state index is 6.05. The van der Waals surface area contributed by atoms with Crippen molar-refractivity contribution in [3.63, 3.8) is 0 Å². The quantitative estimate of drug-likeness (QED) is 0.575. The van der Waals surface area contributed by atoms with Gasteiger partial charge in [0.2, 0.25) is 5.95 Å². The van der Waals surface area contributed by atoms with Gasteiger partial charge in [-0.1, -0.05) is 11.6 Å². The molecule has 7 nitrogen and oxygen atoms in total. The number of benzene rings is 1. The van der Waals surface area contributed by atoms with E-state index in [0.29, 0.717) is 34.0 Å². The predicted molar refractivity (Wildman–Crippen MR) is 77.7 cm³/mol. The second-order valence-electron chi connectivity index (χ2n) is 3.72. The minimum absolute atomic E-state index is 0.301. The Hall–Kier alpha value is -2.25. The van der Waals surface area contributed by atoms with E-state index < -0.39 is 0 Å². The second-order valence-corrected chi connectivity index (χ2v) is 4.13. The minimum atomic E-state index is 0.301. The first-order valence-corrected chi connectivity index (χ1v) is 6.04. The number of hydrogen-bond donors (Lipinski definition) is 3. The molecule has 1 heterocycles. The Kier molecular flexibility index (Phi) is 4.44. The van der Waals surface area contributed by atoms with Crippen LogP contribution in [0.2, 0.25) is 5.02 Å². The van der Waals surface area contributed by atoms with E-state index >= 15 is 0 Å². The molecule has 2 rings (SSSR count). The molecule has 8 heteroatoms. The minimum Gasteiger partial charge on any atom is -0.495 e. The largest absolute Gasteiger partial charge is 0.495 e. The van der Waals surface area contributed by atoms with Gasteiger partial charge < -0.3 is 14.8 Å². The first kappa shape index (κ1) is 14.2. The highest BCUT2D eigenvalue weighted by atomic mass is 35.5. The standard InChI is InChI=1S/C12H14ClN5O2/c1-19-9-6-8(10(20-2)5-7(9)13)16-11-3-4-15-12(17-11)18-14/h3-6H,14H2,1-2H3,(H2,15,16,17,18). The second kappa shape index (κ2) is 6.27. The zero-order valence-corrected chi connectivity index (χ0v) is 11.7. The summed E-state index contributed by atoms with van der Waals surface area (Å²) in [4.78, 5) is 8.08. The highest BCUT2D eigenvalue weighted by Crippen LogP contribution is 2.37. The molecule has 0 aliphatic rings. The summed E-state index contributed by atoms with van der Waals surface area (Å²) in [5.41, 5.74) is 3.04. The zero-order valence-electron chi connectivity index (χ0n) is 11.0. The number of hydrazine groups is 1. The highest BCUT2D eigenvalue weighted by Gasteiger charge is 2.10. The maximum Gasteiger partial charge on any atom is 0.239 e. The lowest BCUT2D eigenvalue weighted by molar-refractivity contribution is 0.405.